The van der Waals surface area contributed by atoms with Crippen molar-refractivity contribution in [2.45, 2.75) is 19.0 Å². The lowest BCUT2D eigenvalue weighted by atomic mass is 10.1. The molecule has 0 aliphatic heterocycles. The van der Waals surface area contributed by atoms with Crippen LogP contribution in [0.4, 0.5) is 23.7 Å². The number of halogens is 3. The van der Waals surface area contributed by atoms with Gasteiger partial charge in [0.15, 0.2) is 0 Å². The Morgan fingerprint density at radius 2 is 2.04 bits per heavy atom. The third kappa shape index (κ3) is 4.70. The second-order valence-electron chi connectivity index (χ2n) is 4.89. The first-order chi connectivity index (χ1) is 10.9. The smallest absolute Gasteiger partial charge is 0.338 e. The Morgan fingerprint density at radius 1 is 1.30 bits per heavy atom. The summed E-state index contributed by atoms with van der Waals surface area (Å²) in [6, 6.07) is 4.15. The highest BCUT2D eigenvalue weighted by molar-refractivity contribution is 5.90. The summed E-state index contributed by atoms with van der Waals surface area (Å²) in [6.07, 6.45) is -1.74. The van der Waals surface area contributed by atoms with Crippen LogP contribution in [-0.2, 0) is 19.6 Å². The normalized spacial score (nSPS) is 11.3. The quantitative estimate of drug-likeness (QED) is 0.829. The van der Waals surface area contributed by atoms with Crippen LogP contribution < -0.4 is 10.6 Å². The maximum absolute atomic E-state index is 12.8. The Balaban J connectivity index is 1.83. The van der Waals surface area contributed by atoms with E-state index in [-0.39, 0.29) is 5.69 Å². The van der Waals surface area contributed by atoms with Gasteiger partial charge in [0.1, 0.15) is 12.2 Å². The molecule has 1 aromatic carbocycles. The molecule has 2 N–H and O–H groups in total. The van der Waals surface area contributed by atoms with E-state index in [1.807, 2.05) is 7.05 Å². The second kappa shape index (κ2) is 7.12. The number of rotatable bonds is 5. The Hall–Kier alpha value is -2.58. The summed E-state index contributed by atoms with van der Waals surface area (Å²) < 4.78 is 40.2. The number of aryl methyl sites for hydroxylation is 2. The minimum atomic E-state index is -4.52. The summed E-state index contributed by atoms with van der Waals surface area (Å²) in [5, 5.41) is 12.4. The molecule has 124 valence electrons. The first-order valence-corrected chi connectivity index (χ1v) is 6.92. The molecule has 6 nitrogen and oxygen atoms in total. The van der Waals surface area contributed by atoms with Gasteiger partial charge in [0.25, 0.3) is 0 Å². The highest BCUT2D eigenvalue weighted by Gasteiger charge is 2.33. The van der Waals surface area contributed by atoms with Gasteiger partial charge in [-0.3, -0.25) is 0 Å². The fourth-order valence-corrected chi connectivity index (χ4v) is 1.99. The molecule has 0 aliphatic rings. The lowest BCUT2D eigenvalue weighted by Gasteiger charge is -2.14. The van der Waals surface area contributed by atoms with Gasteiger partial charge in [0.05, 0.1) is 11.3 Å². The summed E-state index contributed by atoms with van der Waals surface area (Å²) in [6.45, 7) is 0.312. The predicted molar refractivity (Wildman–Crippen MR) is 77.8 cm³/mol. The van der Waals surface area contributed by atoms with Gasteiger partial charge < -0.3 is 15.2 Å². The molecule has 23 heavy (non-hydrogen) atoms. The number of urea groups is 1. The lowest BCUT2D eigenvalue weighted by molar-refractivity contribution is -0.136. The van der Waals surface area contributed by atoms with E-state index in [9.17, 15) is 18.0 Å². The van der Waals surface area contributed by atoms with Gasteiger partial charge in [-0.25, -0.2) is 4.79 Å². The molecule has 0 saturated heterocycles. The topological polar surface area (TPSA) is 71.8 Å². The molecule has 2 amide bonds. The Labute approximate surface area is 130 Å². The number of carbonyl (C=O) groups excluding carboxylic acids is 1. The molecular weight excluding hydrogens is 311 g/mol. The summed E-state index contributed by atoms with van der Waals surface area (Å²) in [7, 11) is 1.81. The van der Waals surface area contributed by atoms with Gasteiger partial charge in [0.2, 0.25) is 0 Å². The maximum Gasteiger partial charge on any atom is 0.418 e. The molecule has 2 rings (SSSR count). The number of alkyl halides is 3. The van der Waals surface area contributed by atoms with Crippen molar-refractivity contribution in [2.75, 3.05) is 11.9 Å². The SMILES string of the molecule is Cn1cnnc1CCCNC(=O)Nc1ccccc1C(F)(F)F. The molecule has 0 bridgehead atoms. The molecular formula is C14H16F3N5O. The average molecular weight is 327 g/mol. The van der Waals surface area contributed by atoms with Crippen LogP contribution in [-0.4, -0.2) is 27.3 Å². The van der Waals surface area contributed by atoms with Gasteiger partial charge >= 0.3 is 12.2 Å². The van der Waals surface area contributed by atoms with Gasteiger partial charge in [-0.15, -0.1) is 10.2 Å². The Morgan fingerprint density at radius 3 is 2.70 bits per heavy atom. The molecule has 9 heteroatoms. The van der Waals surface area contributed by atoms with Crippen molar-refractivity contribution >= 4 is 11.7 Å². The van der Waals surface area contributed by atoms with E-state index in [0.29, 0.717) is 19.4 Å². The molecule has 0 fully saturated rings. The van der Waals surface area contributed by atoms with Crippen LogP contribution in [0.2, 0.25) is 0 Å². The monoisotopic (exact) mass is 327 g/mol. The van der Waals surface area contributed by atoms with Gasteiger partial charge in [-0.1, -0.05) is 12.1 Å². The van der Waals surface area contributed by atoms with Crippen molar-refractivity contribution in [1.29, 1.82) is 0 Å². The van der Waals surface area contributed by atoms with E-state index < -0.39 is 17.8 Å². The lowest BCUT2D eigenvalue weighted by Crippen LogP contribution is -2.30. The zero-order valence-corrected chi connectivity index (χ0v) is 12.4. The average Bonchev–Trinajstić information content (AvgIpc) is 2.88. The molecule has 2 aromatic rings. The van der Waals surface area contributed by atoms with Crippen LogP contribution in [0.3, 0.4) is 0 Å². The number of amides is 2. The standard InChI is InChI=1S/C14H16F3N5O/c1-22-9-19-21-12(22)7-4-8-18-13(23)20-11-6-3-2-5-10(11)14(15,16)17/h2-3,5-6,9H,4,7-8H2,1H3,(H2,18,20,23). The molecule has 0 atom stereocenters. The minimum Gasteiger partial charge on any atom is -0.338 e. The number of benzene rings is 1. The fraction of sp³-hybridized carbons (Fsp3) is 0.357. The Bertz CT molecular complexity index is 668. The number of hydrogen-bond donors (Lipinski definition) is 2. The molecule has 0 radical (unpaired) electrons. The van der Waals surface area contributed by atoms with Crippen LogP contribution >= 0.6 is 0 Å². The third-order valence-corrected chi connectivity index (χ3v) is 3.15. The summed E-state index contributed by atoms with van der Waals surface area (Å²) >= 11 is 0. The van der Waals surface area contributed by atoms with E-state index in [0.717, 1.165) is 11.9 Å². The first-order valence-electron chi connectivity index (χ1n) is 6.92. The predicted octanol–water partition coefficient (Wildman–Crippen LogP) is 2.59. The summed E-state index contributed by atoms with van der Waals surface area (Å²) in [5.41, 5.74) is -1.15. The van der Waals surface area contributed by atoms with Crippen LogP contribution in [0.1, 0.15) is 17.8 Å². The zero-order valence-electron chi connectivity index (χ0n) is 12.4. The van der Waals surface area contributed by atoms with Crippen LogP contribution in [0, 0.1) is 0 Å². The number of nitrogens with zero attached hydrogens (tertiary/aromatic N) is 3. The van der Waals surface area contributed by atoms with Crippen molar-refractivity contribution in [1.82, 2.24) is 20.1 Å². The van der Waals surface area contributed by atoms with Crippen molar-refractivity contribution in [3.63, 3.8) is 0 Å². The summed E-state index contributed by atoms with van der Waals surface area (Å²) in [5.74, 6) is 0.773. The van der Waals surface area contributed by atoms with E-state index in [2.05, 4.69) is 20.8 Å². The minimum absolute atomic E-state index is 0.272. The van der Waals surface area contributed by atoms with Crippen LogP contribution in [0.15, 0.2) is 30.6 Å². The van der Waals surface area contributed by atoms with Crippen molar-refractivity contribution in [2.24, 2.45) is 7.05 Å². The highest BCUT2D eigenvalue weighted by atomic mass is 19.4. The second-order valence-corrected chi connectivity index (χ2v) is 4.89. The van der Waals surface area contributed by atoms with E-state index in [1.165, 1.54) is 18.2 Å². The molecule has 1 heterocycles. The van der Waals surface area contributed by atoms with Crippen molar-refractivity contribution in [3.8, 4) is 0 Å². The van der Waals surface area contributed by atoms with E-state index in [1.54, 1.807) is 10.9 Å². The number of nitrogens with one attached hydrogen (secondary N) is 2. The number of carbonyl (C=O) groups is 1. The molecule has 0 unspecified atom stereocenters. The number of anilines is 1. The molecule has 0 aliphatic carbocycles. The molecule has 0 saturated carbocycles. The fourth-order valence-electron chi connectivity index (χ4n) is 1.99. The number of aromatic nitrogens is 3. The third-order valence-electron chi connectivity index (χ3n) is 3.15. The van der Waals surface area contributed by atoms with E-state index >= 15 is 0 Å². The van der Waals surface area contributed by atoms with Crippen LogP contribution in [0.25, 0.3) is 0 Å². The van der Waals surface area contributed by atoms with Gasteiger partial charge in [-0.05, 0) is 18.6 Å². The van der Waals surface area contributed by atoms with Gasteiger partial charge in [-0.2, -0.15) is 13.2 Å². The maximum atomic E-state index is 12.8. The number of para-hydroxylation sites is 1. The zero-order chi connectivity index (χ0) is 16.9. The number of hydrogen-bond acceptors (Lipinski definition) is 3. The summed E-state index contributed by atoms with van der Waals surface area (Å²) in [4.78, 5) is 11.7. The molecule has 0 spiro atoms. The van der Waals surface area contributed by atoms with E-state index in [4.69, 9.17) is 0 Å². The van der Waals surface area contributed by atoms with Gasteiger partial charge in [0, 0.05) is 20.0 Å². The highest BCUT2D eigenvalue weighted by Crippen LogP contribution is 2.34. The Kier molecular flexibility index (Phi) is 5.20. The first kappa shape index (κ1) is 16.8. The van der Waals surface area contributed by atoms with Crippen molar-refractivity contribution in [3.05, 3.63) is 42.0 Å². The van der Waals surface area contributed by atoms with Crippen LogP contribution in [0.5, 0.6) is 0 Å². The van der Waals surface area contributed by atoms with Crippen molar-refractivity contribution < 1.29 is 18.0 Å². The molecule has 1 aromatic heterocycles. The largest absolute Gasteiger partial charge is 0.418 e.